The van der Waals surface area contributed by atoms with Crippen LogP contribution >= 0.6 is 11.6 Å². The van der Waals surface area contributed by atoms with Crippen LogP contribution in [0.25, 0.3) is 0 Å². The van der Waals surface area contributed by atoms with Gasteiger partial charge in [-0.2, -0.15) is 0 Å². The highest BCUT2D eigenvalue weighted by Crippen LogP contribution is 2.23. The third kappa shape index (κ3) is 3.53. The van der Waals surface area contributed by atoms with Crippen LogP contribution in [0.1, 0.15) is 15.9 Å². The number of rotatable bonds is 4. The molecule has 2 rings (SSSR count). The number of carbonyl (C=O) groups is 1. The molecule has 0 aliphatic heterocycles. The fraction of sp³-hybridized carbons (Fsp3) is 0.0714. The molecule has 0 aromatic heterocycles. The summed E-state index contributed by atoms with van der Waals surface area (Å²) in [5, 5.41) is 9.22. The molecule has 0 saturated carbocycles. The summed E-state index contributed by atoms with van der Waals surface area (Å²) in [6.45, 7) is 1.75. The molecule has 0 aliphatic carbocycles. The molecule has 2 aromatic rings. The minimum Gasteiger partial charge on any atom is -0.478 e. The smallest absolute Gasteiger partial charge is 0.335 e. The first-order chi connectivity index (χ1) is 9.79. The van der Waals surface area contributed by atoms with E-state index in [9.17, 15) is 13.2 Å². The highest BCUT2D eigenvalue weighted by Gasteiger charge is 2.16. The molecule has 0 atom stereocenters. The predicted molar refractivity (Wildman–Crippen MR) is 80.4 cm³/mol. The van der Waals surface area contributed by atoms with Gasteiger partial charge in [-0.3, -0.25) is 4.72 Å². The normalized spacial score (nSPS) is 11.1. The van der Waals surface area contributed by atoms with E-state index in [2.05, 4.69) is 4.72 Å². The van der Waals surface area contributed by atoms with E-state index >= 15 is 0 Å². The summed E-state index contributed by atoms with van der Waals surface area (Å²) in [7, 11) is -3.80. The maximum absolute atomic E-state index is 12.2. The summed E-state index contributed by atoms with van der Waals surface area (Å²) >= 11 is 5.85. The number of carboxylic acid groups (broad SMARTS) is 1. The van der Waals surface area contributed by atoms with Crippen molar-refractivity contribution < 1.29 is 18.3 Å². The van der Waals surface area contributed by atoms with E-state index in [1.807, 2.05) is 0 Å². The van der Waals surface area contributed by atoms with Crippen molar-refractivity contribution in [2.24, 2.45) is 0 Å². The van der Waals surface area contributed by atoms with E-state index in [-0.39, 0.29) is 10.5 Å². The van der Waals surface area contributed by atoms with Gasteiger partial charge < -0.3 is 5.11 Å². The molecule has 0 heterocycles. The molecule has 0 spiro atoms. The second-order valence-electron chi connectivity index (χ2n) is 4.39. The van der Waals surface area contributed by atoms with Crippen LogP contribution in [0.4, 0.5) is 5.69 Å². The van der Waals surface area contributed by atoms with E-state index < -0.39 is 16.0 Å². The molecule has 0 bridgehead atoms. The summed E-state index contributed by atoms with van der Waals surface area (Å²) < 4.78 is 26.9. The molecule has 21 heavy (non-hydrogen) atoms. The van der Waals surface area contributed by atoms with Crippen LogP contribution in [-0.4, -0.2) is 19.5 Å². The van der Waals surface area contributed by atoms with Crippen LogP contribution in [0.5, 0.6) is 0 Å². The first-order valence-corrected chi connectivity index (χ1v) is 7.78. The summed E-state index contributed by atoms with van der Waals surface area (Å²) in [5.74, 6) is -1.11. The van der Waals surface area contributed by atoms with Gasteiger partial charge in [-0.05, 0) is 48.9 Å². The summed E-state index contributed by atoms with van der Waals surface area (Å²) in [6, 6.07) is 9.84. The number of aryl methyl sites for hydroxylation is 1. The van der Waals surface area contributed by atoms with Crippen molar-refractivity contribution in [1.82, 2.24) is 0 Å². The molecule has 2 aromatic carbocycles. The third-order valence-electron chi connectivity index (χ3n) is 2.86. The molecule has 5 nitrogen and oxygen atoms in total. The van der Waals surface area contributed by atoms with Crippen LogP contribution in [0, 0.1) is 6.92 Å². The Bertz CT molecular complexity index is 785. The number of halogens is 1. The van der Waals surface area contributed by atoms with E-state index in [4.69, 9.17) is 16.7 Å². The monoisotopic (exact) mass is 325 g/mol. The van der Waals surface area contributed by atoms with Gasteiger partial charge in [0.05, 0.1) is 16.1 Å². The van der Waals surface area contributed by atoms with Crippen molar-refractivity contribution in [3.05, 3.63) is 58.6 Å². The number of nitrogens with one attached hydrogen (secondary N) is 1. The second-order valence-corrected chi connectivity index (χ2v) is 6.51. The third-order valence-corrected chi connectivity index (χ3v) is 4.47. The maximum Gasteiger partial charge on any atom is 0.335 e. The average Bonchev–Trinajstić information content (AvgIpc) is 2.43. The lowest BCUT2D eigenvalue weighted by molar-refractivity contribution is 0.0697. The van der Waals surface area contributed by atoms with Crippen molar-refractivity contribution in [2.75, 3.05) is 4.72 Å². The first-order valence-electron chi connectivity index (χ1n) is 5.92. The molecule has 0 fully saturated rings. The van der Waals surface area contributed by atoms with Gasteiger partial charge in [0.2, 0.25) is 0 Å². The Morgan fingerprint density at radius 3 is 2.33 bits per heavy atom. The lowest BCUT2D eigenvalue weighted by Gasteiger charge is -2.11. The fourth-order valence-corrected chi connectivity index (χ4v) is 2.98. The SMILES string of the molecule is Cc1ccc(Cl)cc1NS(=O)(=O)c1ccc(C(=O)O)cc1. The maximum atomic E-state index is 12.2. The van der Waals surface area contributed by atoms with Crippen molar-refractivity contribution in [3.63, 3.8) is 0 Å². The van der Waals surface area contributed by atoms with Crippen LogP contribution in [0.2, 0.25) is 5.02 Å². The van der Waals surface area contributed by atoms with Crippen molar-refractivity contribution in [3.8, 4) is 0 Å². The molecule has 0 radical (unpaired) electrons. The molecule has 2 N–H and O–H groups in total. The van der Waals surface area contributed by atoms with Crippen LogP contribution in [-0.2, 0) is 10.0 Å². The molecule has 7 heteroatoms. The van der Waals surface area contributed by atoms with Crippen molar-refractivity contribution in [1.29, 1.82) is 0 Å². The van der Waals surface area contributed by atoms with Gasteiger partial charge in [-0.1, -0.05) is 17.7 Å². The van der Waals surface area contributed by atoms with Crippen molar-refractivity contribution >= 4 is 33.3 Å². The number of anilines is 1. The van der Waals surface area contributed by atoms with Crippen LogP contribution in [0.15, 0.2) is 47.4 Å². The first kappa shape index (κ1) is 15.3. The molecule has 0 aliphatic rings. The van der Waals surface area contributed by atoms with Gasteiger partial charge in [-0.25, -0.2) is 13.2 Å². The highest BCUT2D eigenvalue weighted by atomic mass is 35.5. The molecule has 0 saturated heterocycles. The zero-order chi connectivity index (χ0) is 15.6. The van der Waals surface area contributed by atoms with Crippen LogP contribution in [0.3, 0.4) is 0 Å². The zero-order valence-electron chi connectivity index (χ0n) is 11.0. The molecule has 0 amide bonds. The number of hydrogen-bond acceptors (Lipinski definition) is 3. The highest BCUT2D eigenvalue weighted by molar-refractivity contribution is 7.92. The molecule has 110 valence electrons. The topological polar surface area (TPSA) is 83.5 Å². The van der Waals surface area contributed by atoms with E-state index in [1.54, 1.807) is 19.1 Å². The largest absolute Gasteiger partial charge is 0.478 e. The number of benzene rings is 2. The molecular formula is C14H12ClNO4S. The Balaban J connectivity index is 2.34. The number of carboxylic acids is 1. The Kier molecular flexibility index (Phi) is 4.20. The van der Waals surface area contributed by atoms with Gasteiger partial charge in [0.25, 0.3) is 10.0 Å². The fourth-order valence-electron chi connectivity index (χ4n) is 1.68. The predicted octanol–water partition coefficient (Wildman–Crippen LogP) is 3.15. The molecular weight excluding hydrogens is 314 g/mol. The second kappa shape index (κ2) is 5.75. The van der Waals surface area contributed by atoms with E-state index in [0.717, 1.165) is 5.56 Å². The van der Waals surface area contributed by atoms with Gasteiger partial charge in [-0.15, -0.1) is 0 Å². The zero-order valence-corrected chi connectivity index (χ0v) is 12.6. The minimum atomic E-state index is -3.80. The van der Waals surface area contributed by atoms with Gasteiger partial charge in [0.15, 0.2) is 0 Å². The van der Waals surface area contributed by atoms with E-state index in [1.165, 1.54) is 30.3 Å². The molecule has 0 unspecified atom stereocenters. The number of aromatic carboxylic acids is 1. The summed E-state index contributed by atoms with van der Waals surface area (Å²) in [4.78, 5) is 10.7. The Morgan fingerprint density at radius 1 is 1.14 bits per heavy atom. The Morgan fingerprint density at radius 2 is 1.76 bits per heavy atom. The van der Waals surface area contributed by atoms with Gasteiger partial charge in [0.1, 0.15) is 0 Å². The number of sulfonamides is 1. The standard InChI is InChI=1S/C14H12ClNO4S/c1-9-2-5-11(15)8-13(9)16-21(19,20)12-6-3-10(4-7-12)14(17)18/h2-8,16H,1H3,(H,17,18). The quantitative estimate of drug-likeness (QED) is 0.904. The lowest BCUT2D eigenvalue weighted by atomic mass is 10.2. The number of hydrogen-bond donors (Lipinski definition) is 2. The Hall–Kier alpha value is -2.05. The van der Waals surface area contributed by atoms with Gasteiger partial charge in [0, 0.05) is 5.02 Å². The van der Waals surface area contributed by atoms with E-state index in [0.29, 0.717) is 10.7 Å². The summed E-state index contributed by atoms with van der Waals surface area (Å²) in [6.07, 6.45) is 0. The Labute approximate surface area is 127 Å². The summed E-state index contributed by atoms with van der Waals surface area (Å²) in [5.41, 5.74) is 1.13. The average molecular weight is 326 g/mol. The minimum absolute atomic E-state index is 0.0212. The van der Waals surface area contributed by atoms with Crippen molar-refractivity contribution in [2.45, 2.75) is 11.8 Å². The lowest BCUT2D eigenvalue weighted by Crippen LogP contribution is -2.14. The van der Waals surface area contributed by atoms with Crippen LogP contribution < -0.4 is 4.72 Å². The van der Waals surface area contributed by atoms with Gasteiger partial charge >= 0.3 is 5.97 Å².